The largest absolute Gasteiger partial charge is 0.354 e. The smallest absolute Gasteiger partial charge is 0.243 e. The third kappa shape index (κ3) is 6.59. The van der Waals surface area contributed by atoms with Crippen LogP contribution in [0.5, 0.6) is 0 Å². The number of amides is 1. The van der Waals surface area contributed by atoms with Crippen LogP contribution in [0, 0.1) is 6.92 Å². The standard InChI is InChI=1S/C17H29N3O3S/c1-3-4-5-6-13-20(14-17(21)19-12-11-18)24(22,23)16-9-7-15(2)8-10-16/h7-10H,3-6,11-14,18H2,1-2H3,(H,19,21). The Morgan fingerprint density at radius 2 is 1.83 bits per heavy atom. The molecule has 0 aromatic heterocycles. The lowest BCUT2D eigenvalue weighted by atomic mass is 10.2. The number of hydrogen-bond donors (Lipinski definition) is 2. The topological polar surface area (TPSA) is 92.5 Å². The van der Waals surface area contributed by atoms with E-state index in [-0.39, 0.29) is 17.3 Å². The fourth-order valence-electron chi connectivity index (χ4n) is 2.29. The van der Waals surface area contributed by atoms with E-state index in [0.717, 1.165) is 31.2 Å². The van der Waals surface area contributed by atoms with E-state index in [1.807, 2.05) is 6.92 Å². The van der Waals surface area contributed by atoms with Gasteiger partial charge in [-0.1, -0.05) is 43.9 Å². The molecule has 0 bridgehead atoms. The fraction of sp³-hybridized carbons (Fsp3) is 0.588. The summed E-state index contributed by atoms with van der Waals surface area (Å²) in [7, 11) is -3.68. The maximum atomic E-state index is 12.8. The van der Waals surface area contributed by atoms with Crippen molar-refractivity contribution in [3.8, 4) is 0 Å². The Bertz CT molecular complexity index is 600. The van der Waals surface area contributed by atoms with Crippen molar-refractivity contribution >= 4 is 15.9 Å². The van der Waals surface area contributed by atoms with Crippen molar-refractivity contribution < 1.29 is 13.2 Å². The number of nitrogens with two attached hydrogens (primary N) is 1. The van der Waals surface area contributed by atoms with Gasteiger partial charge in [0.1, 0.15) is 0 Å². The minimum atomic E-state index is -3.68. The van der Waals surface area contributed by atoms with Gasteiger partial charge in [-0.25, -0.2) is 8.42 Å². The summed E-state index contributed by atoms with van der Waals surface area (Å²) in [5.74, 6) is -0.327. The Labute approximate surface area is 145 Å². The van der Waals surface area contributed by atoms with Crippen molar-refractivity contribution in [3.05, 3.63) is 29.8 Å². The van der Waals surface area contributed by atoms with Crippen molar-refractivity contribution in [2.45, 2.75) is 44.4 Å². The second-order valence-corrected chi connectivity index (χ2v) is 7.79. The van der Waals surface area contributed by atoms with Crippen molar-refractivity contribution in [1.82, 2.24) is 9.62 Å². The second-order valence-electron chi connectivity index (χ2n) is 5.85. The summed E-state index contributed by atoms with van der Waals surface area (Å²) in [4.78, 5) is 12.2. The molecule has 1 aromatic carbocycles. The molecule has 0 heterocycles. The quantitative estimate of drug-likeness (QED) is 0.590. The molecule has 0 aliphatic carbocycles. The van der Waals surface area contributed by atoms with Crippen LogP contribution in [0.1, 0.15) is 38.2 Å². The van der Waals surface area contributed by atoms with Crippen molar-refractivity contribution in [1.29, 1.82) is 0 Å². The number of unbranched alkanes of at least 4 members (excludes halogenated alkanes) is 3. The van der Waals surface area contributed by atoms with Gasteiger partial charge in [0.05, 0.1) is 11.4 Å². The lowest BCUT2D eigenvalue weighted by Gasteiger charge is -2.22. The molecule has 0 saturated heterocycles. The average Bonchev–Trinajstić information content (AvgIpc) is 2.56. The Morgan fingerprint density at radius 3 is 2.42 bits per heavy atom. The van der Waals surface area contributed by atoms with Gasteiger partial charge in [0, 0.05) is 19.6 Å². The summed E-state index contributed by atoms with van der Waals surface area (Å²) in [6.45, 7) is 4.83. The number of sulfonamides is 1. The van der Waals surface area contributed by atoms with E-state index in [0.29, 0.717) is 19.6 Å². The third-order valence-corrected chi connectivity index (χ3v) is 5.57. The average molecular weight is 356 g/mol. The molecule has 1 aromatic rings. The van der Waals surface area contributed by atoms with Crippen LogP contribution in [0.2, 0.25) is 0 Å². The number of aryl methyl sites for hydroxylation is 1. The Morgan fingerprint density at radius 1 is 1.17 bits per heavy atom. The molecule has 7 heteroatoms. The molecule has 0 spiro atoms. The molecule has 24 heavy (non-hydrogen) atoms. The van der Waals surface area contributed by atoms with Gasteiger partial charge in [0.2, 0.25) is 15.9 Å². The van der Waals surface area contributed by atoms with Gasteiger partial charge in [-0.3, -0.25) is 4.79 Å². The van der Waals surface area contributed by atoms with Gasteiger partial charge >= 0.3 is 0 Å². The van der Waals surface area contributed by atoms with E-state index < -0.39 is 10.0 Å². The van der Waals surface area contributed by atoms with Crippen molar-refractivity contribution in [3.63, 3.8) is 0 Å². The molecule has 3 N–H and O–H groups in total. The minimum Gasteiger partial charge on any atom is -0.354 e. The highest BCUT2D eigenvalue weighted by Gasteiger charge is 2.26. The Balaban J connectivity index is 2.88. The molecule has 0 fully saturated rings. The summed E-state index contributed by atoms with van der Waals surface area (Å²) in [6.07, 6.45) is 3.81. The molecule has 0 unspecified atom stereocenters. The van der Waals surface area contributed by atoms with Crippen LogP contribution >= 0.6 is 0 Å². The lowest BCUT2D eigenvalue weighted by Crippen LogP contribution is -2.42. The number of nitrogens with zero attached hydrogens (tertiary/aromatic N) is 1. The molecule has 1 rings (SSSR count). The Hall–Kier alpha value is -1.44. The highest BCUT2D eigenvalue weighted by Crippen LogP contribution is 2.17. The van der Waals surface area contributed by atoms with E-state index in [9.17, 15) is 13.2 Å². The third-order valence-electron chi connectivity index (χ3n) is 3.71. The van der Waals surface area contributed by atoms with Gasteiger partial charge in [0.25, 0.3) is 0 Å². The lowest BCUT2D eigenvalue weighted by molar-refractivity contribution is -0.121. The van der Waals surface area contributed by atoms with Crippen LogP contribution in [0.25, 0.3) is 0 Å². The highest BCUT2D eigenvalue weighted by molar-refractivity contribution is 7.89. The van der Waals surface area contributed by atoms with Gasteiger partial charge in [0.15, 0.2) is 0 Å². The van der Waals surface area contributed by atoms with Gasteiger partial charge in [-0.05, 0) is 25.5 Å². The van der Waals surface area contributed by atoms with Crippen LogP contribution in [-0.4, -0.2) is 44.8 Å². The molecule has 0 aliphatic heterocycles. The monoisotopic (exact) mass is 355 g/mol. The van der Waals surface area contributed by atoms with E-state index in [1.54, 1.807) is 24.3 Å². The van der Waals surface area contributed by atoms with Crippen LogP contribution in [0.4, 0.5) is 0 Å². The van der Waals surface area contributed by atoms with Crippen molar-refractivity contribution in [2.75, 3.05) is 26.2 Å². The number of benzene rings is 1. The van der Waals surface area contributed by atoms with Crippen LogP contribution < -0.4 is 11.1 Å². The predicted molar refractivity (Wildman–Crippen MR) is 96.1 cm³/mol. The first-order chi connectivity index (χ1) is 11.4. The highest BCUT2D eigenvalue weighted by atomic mass is 32.2. The number of carbonyl (C=O) groups excluding carboxylic acids is 1. The minimum absolute atomic E-state index is 0.178. The normalized spacial score (nSPS) is 11.7. The summed E-state index contributed by atoms with van der Waals surface area (Å²) in [6, 6.07) is 6.69. The number of rotatable bonds is 11. The first kappa shape index (κ1) is 20.6. The van der Waals surface area contributed by atoms with Crippen LogP contribution in [0.3, 0.4) is 0 Å². The molecule has 0 saturated carbocycles. The summed E-state index contributed by atoms with van der Waals surface area (Å²) < 4.78 is 26.9. The number of carbonyl (C=O) groups is 1. The molecule has 6 nitrogen and oxygen atoms in total. The zero-order valence-corrected chi connectivity index (χ0v) is 15.4. The molecule has 0 aliphatic rings. The SMILES string of the molecule is CCCCCCN(CC(=O)NCCN)S(=O)(=O)c1ccc(C)cc1. The predicted octanol–water partition coefficient (Wildman–Crippen LogP) is 1.64. The van der Waals surface area contributed by atoms with E-state index in [2.05, 4.69) is 12.2 Å². The summed E-state index contributed by atoms with van der Waals surface area (Å²) >= 11 is 0. The molecule has 136 valence electrons. The first-order valence-electron chi connectivity index (χ1n) is 8.45. The van der Waals surface area contributed by atoms with Crippen LogP contribution in [-0.2, 0) is 14.8 Å². The summed E-state index contributed by atoms with van der Waals surface area (Å²) in [5.41, 5.74) is 6.36. The molecule has 0 radical (unpaired) electrons. The van der Waals surface area contributed by atoms with Crippen LogP contribution in [0.15, 0.2) is 29.2 Å². The van der Waals surface area contributed by atoms with E-state index in [4.69, 9.17) is 5.73 Å². The Kier molecular flexibility index (Phi) is 8.95. The number of nitrogens with one attached hydrogen (secondary N) is 1. The molecular formula is C17H29N3O3S. The van der Waals surface area contributed by atoms with Gasteiger partial charge in [-0.15, -0.1) is 0 Å². The first-order valence-corrected chi connectivity index (χ1v) is 9.89. The number of hydrogen-bond acceptors (Lipinski definition) is 4. The maximum absolute atomic E-state index is 12.8. The van der Waals surface area contributed by atoms with Gasteiger partial charge in [-0.2, -0.15) is 4.31 Å². The van der Waals surface area contributed by atoms with E-state index >= 15 is 0 Å². The molecular weight excluding hydrogens is 326 g/mol. The summed E-state index contributed by atoms with van der Waals surface area (Å²) in [5, 5.41) is 2.63. The zero-order valence-electron chi connectivity index (χ0n) is 14.6. The maximum Gasteiger partial charge on any atom is 0.243 e. The second kappa shape index (κ2) is 10.4. The van der Waals surface area contributed by atoms with Crippen molar-refractivity contribution in [2.24, 2.45) is 5.73 Å². The van der Waals surface area contributed by atoms with Gasteiger partial charge < -0.3 is 11.1 Å². The fourth-order valence-corrected chi connectivity index (χ4v) is 3.72. The molecule has 1 amide bonds. The zero-order chi connectivity index (χ0) is 18.0. The van der Waals surface area contributed by atoms with E-state index in [1.165, 1.54) is 4.31 Å². The molecule has 0 atom stereocenters.